The Morgan fingerprint density at radius 3 is 2.46 bits per heavy atom. The monoisotopic (exact) mass is 320 g/mol. The summed E-state index contributed by atoms with van der Waals surface area (Å²) < 4.78 is 0. The molecule has 0 saturated heterocycles. The van der Waals surface area contributed by atoms with Gasteiger partial charge in [0.25, 0.3) is 0 Å². The van der Waals surface area contributed by atoms with E-state index < -0.39 is 17.6 Å². The lowest BCUT2D eigenvalue weighted by Gasteiger charge is -2.12. The van der Waals surface area contributed by atoms with Gasteiger partial charge < -0.3 is 5.32 Å². The van der Waals surface area contributed by atoms with Gasteiger partial charge in [-0.2, -0.15) is 5.26 Å². The fourth-order valence-corrected chi connectivity index (χ4v) is 2.49. The molecular weight excluding hydrogens is 300 g/mol. The second kappa shape index (κ2) is 8.07. The van der Waals surface area contributed by atoms with Crippen LogP contribution < -0.4 is 5.32 Å². The van der Waals surface area contributed by atoms with Crippen molar-refractivity contribution in [3.63, 3.8) is 0 Å². The molecular formula is C20H20N2O2. The minimum Gasteiger partial charge on any atom is -0.354 e. The summed E-state index contributed by atoms with van der Waals surface area (Å²) in [5, 5.41) is 12.0. The maximum atomic E-state index is 12.5. The predicted molar refractivity (Wildman–Crippen MR) is 92.5 cm³/mol. The highest BCUT2D eigenvalue weighted by Gasteiger charge is 2.28. The molecule has 2 rings (SSSR count). The van der Waals surface area contributed by atoms with Crippen molar-refractivity contribution < 1.29 is 9.59 Å². The van der Waals surface area contributed by atoms with Crippen LogP contribution in [-0.2, 0) is 11.2 Å². The van der Waals surface area contributed by atoms with Gasteiger partial charge >= 0.3 is 0 Å². The number of benzene rings is 2. The highest BCUT2D eigenvalue weighted by molar-refractivity contribution is 6.12. The van der Waals surface area contributed by atoms with Crippen LogP contribution in [0.15, 0.2) is 48.5 Å². The Labute approximate surface area is 142 Å². The van der Waals surface area contributed by atoms with Crippen LogP contribution in [0, 0.1) is 31.1 Å². The molecule has 0 saturated carbocycles. The zero-order valence-electron chi connectivity index (χ0n) is 13.9. The number of nitrogens with one attached hydrogen (secondary N) is 1. The average molecular weight is 320 g/mol. The highest BCUT2D eigenvalue weighted by atomic mass is 16.2. The van der Waals surface area contributed by atoms with Gasteiger partial charge in [0.05, 0.1) is 6.07 Å². The van der Waals surface area contributed by atoms with Gasteiger partial charge in [0.15, 0.2) is 11.7 Å². The summed E-state index contributed by atoms with van der Waals surface area (Å²) in [6.45, 7) is 4.11. The molecule has 0 aliphatic rings. The third-order valence-corrected chi connectivity index (χ3v) is 4.08. The van der Waals surface area contributed by atoms with Crippen molar-refractivity contribution in [3.05, 3.63) is 70.8 Å². The fraction of sp³-hybridized carbons (Fsp3) is 0.250. The van der Waals surface area contributed by atoms with Crippen LogP contribution in [0.1, 0.15) is 27.0 Å². The SMILES string of the molecule is Cc1cccc(C(=O)C(C#N)C(=O)NCCc2ccccc2)c1C. The number of rotatable bonds is 6. The predicted octanol–water partition coefficient (Wildman–Crippen LogP) is 2.98. The first-order valence-corrected chi connectivity index (χ1v) is 7.86. The molecule has 0 heterocycles. The molecule has 122 valence electrons. The van der Waals surface area contributed by atoms with Gasteiger partial charge in [0.2, 0.25) is 5.91 Å². The molecule has 2 aromatic rings. The lowest BCUT2D eigenvalue weighted by Crippen LogP contribution is -2.36. The first-order chi connectivity index (χ1) is 11.5. The minimum absolute atomic E-state index is 0.390. The number of hydrogen-bond donors (Lipinski definition) is 1. The second-order valence-corrected chi connectivity index (χ2v) is 5.70. The third kappa shape index (κ3) is 4.08. The van der Waals surface area contributed by atoms with E-state index in [1.54, 1.807) is 12.1 Å². The second-order valence-electron chi connectivity index (χ2n) is 5.70. The zero-order valence-corrected chi connectivity index (χ0v) is 13.9. The Morgan fingerprint density at radius 1 is 1.08 bits per heavy atom. The van der Waals surface area contributed by atoms with Gasteiger partial charge in [0.1, 0.15) is 0 Å². The van der Waals surface area contributed by atoms with E-state index >= 15 is 0 Å². The molecule has 1 N–H and O–H groups in total. The summed E-state index contributed by atoms with van der Waals surface area (Å²) in [6.07, 6.45) is 0.655. The van der Waals surface area contributed by atoms with Gasteiger partial charge in [-0.25, -0.2) is 0 Å². The van der Waals surface area contributed by atoms with Crippen molar-refractivity contribution in [2.45, 2.75) is 20.3 Å². The van der Waals surface area contributed by atoms with E-state index in [0.717, 1.165) is 16.7 Å². The summed E-state index contributed by atoms with van der Waals surface area (Å²) in [4.78, 5) is 24.8. The standard InChI is InChI=1S/C20H20N2O2/c1-14-7-6-10-17(15(14)2)19(23)18(13-21)20(24)22-12-11-16-8-4-3-5-9-16/h3-10,18H,11-12H2,1-2H3,(H,22,24). The molecule has 0 aliphatic carbocycles. The third-order valence-electron chi connectivity index (χ3n) is 4.08. The summed E-state index contributed by atoms with van der Waals surface area (Å²) >= 11 is 0. The van der Waals surface area contributed by atoms with Crippen molar-refractivity contribution in [2.24, 2.45) is 5.92 Å². The minimum atomic E-state index is -1.32. The number of hydrogen-bond acceptors (Lipinski definition) is 3. The normalized spacial score (nSPS) is 11.4. The van der Waals surface area contributed by atoms with E-state index in [1.165, 1.54) is 0 Å². The Balaban J connectivity index is 2.02. The van der Waals surface area contributed by atoms with Crippen molar-refractivity contribution >= 4 is 11.7 Å². The number of aryl methyl sites for hydroxylation is 1. The lowest BCUT2D eigenvalue weighted by atomic mass is 9.92. The molecule has 2 aromatic carbocycles. The van der Waals surface area contributed by atoms with Crippen LogP contribution in [0.25, 0.3) is 0 Å². The molecule has 24 heavy (non-hydrogen) atoms. The molecule has 0 aromatic heterocycles. The van der Waals surface area contributed by atoms with Crippen molar-refractivity contribution in [1.82, 2.24) is 5.32 Å². The van der Waals surface area contributed by atoms with Crippen LogP contribution in [0.4, 0.5) is 0 Å². The molecule has 1 amide bonds. The summed E-state index contributed by atoms with van der Waals surface area (Å²) in [5.74, 6) is -2.31. The number of nitriles is 1. The van der Waals surface area contributed by atoms with E-state index in [-0.39, 0.29) is 0 Å². The van der Waals surface area contributed by atoms with E-state index in [4.69, 9.17) is 0 Å². The maximum absolute atomic E-state index is 12.5. The van der Waals surface area contributed by atoms with Crippen molar-refractivity contribution in [2.75, 3.05) is 6.54 Å². The highest BCUT2D eigenvalue weighted by Crippen LogP contribution is 2.17. The maximum Gasteiger partial charge on any atom is 0.245 e. The Morgan fingerprint density at radius 2 is 1.79 bits per heavy atom. The number of Topliss-reactive ketones (excluding diaryl/α,β-unsaturated/α-hetero) is 1. The van der Waals surface area contributed by atoms with Crippen LogP contribution >= 0.6 is 0 Å². The van der Waals surface area contributed by atoms with Gasteiger partial charge in [-0.15, -0.1) is 0 Å². The first-order valence-electron chi connectivity index (χ1n) is 7.86. The van der Waals surface area contributed by atoms with Gasteiger partial charge in [-0.05, 0) is 37.0 Å². The van der Waals surface area contributed by atoms with Gasteiger partial charge in [0, 0.05) is 12.1 Å². The molecule has 1 unspecified atom stereocenters. The molecule has 0 aliphatic heterocycles. The molecule has 0 bridgehead atoms. The van der Waals surface area contributed by atoms with Crippen LogP contribution in [0.3, 0.4) is 0 Å². The topological polar surface area (TPSA) is 70.0 Å². The largest absolute Gasteiger partial charge is 0.354 e. The molecule has 0 radical (unpaired) electrons. The molecule has 4 nitrogen and oxygen atoms in total. The smallest absolute Gasteiger partial charge is 0.245 e. The summed E-state index contributed by atoms with van der Waals surface area (Å²) in [7, 11) is 0. The lowest BCUT2D eigenvalue weighted by molar-refractivity contribution is -0.122. The van der Waals surface area contributed by atoms with E-state index in [2.05, 4.69) is 5.32 Å². The molecule has 1 atom stereocenters. The Kier molecular flexibility index (Phi) is 5.86. The van der Waals surface area contributed by atoms with Gasteiger partial charge in [-0.1, -0.05) is 48.5 Å². The summed E-state index contributed by atoms with van der Waals surface area (Å²) in [6, 6.07) is 16.9. The van der Waals surface area contributed by atoms with E-state index in [9.17, 15) is 14.9 Å². The summed E-state index contributed by atoms with van der Waals surface area (Å²) in [5.41, 5.74) is 3.29. The quantitative estimate of drug-likeness (QED) is 0.657. The number of nitrogens with zero attached hydrogens (tertiary/aromatic N) is 1. The van der Waals surface area contributed by atoms with E-state index in [1.807, 2.05) is 56.3 Å². The van der Waals surface area contributed by atoms with Crippen LogP contribution in [0.5, 0.6) is 0 Å². The number of carbonyl (C=O) groups excluding carboxylic acids is 2. The molecule has 0 spiro atoms. The van der Waals surface area contributed by atoms with Gasteiger partial charge in [-0.3, -0.25) is 9.59 Å². The van der Waals surface area contributed by atoms with Crippen molar-refractivity contribution in [1.29, 1.82) is 5.26 Å². The van der Waals surface area contributed by atoms with Crippen LogP contribution in [0.2, 0.25) is 0 Å². The molecule has 4 heteroatoms. The van der Waals surface area contributed by atoms with Crippen molar-refractivity contribution in [3.8, 4) is 6.07 Å². The number of carbonyl (C=O) groups is 2. The first kappa shape index (κ1) is 17.4. The zero-order chi connectivity index (χ0) is 17.5. The Bertz CT molecular complexity index is 776. The molecule has 0 fully saturated rings. The van der Waals surface area contributed by atoms with Crippen LogP contribution in [-0.4, -0.2) is 18.2 Å². The number of ketones is 1. The Hall–Kier alpha value is -2.93. The fourth-order valence-electron chi connectivity index (χ4n) is 2.49. The van der Waals surface area contributed by atoms with E-state index in [0.29, 0.717) is 18.5 Å². The average Bonchev–Trinajstić information content (AvgIpc) is 2.59. The number of amides is 1.